The number of aryl methyl sites for hydroxylation is 1. The first-order valence-electron chi connectivity index (χ1n) is 5.94. The quantitative estimate of drug-likeness (QED) is 0.748. The molecule has 0 radical (unpaired) electrons. The van der Waals surface area contributed by atoms with E-state index in [2.05, 4.69) is 4.98 Å². The standard InChI is InChI=1S/C13H18ClNO/c1-10-6-13(12(7-14)8-15-10)16-9-11-4-2-3-5-11/h6,8,11H,2-5,7,9H2,1H3. The van der Waals surface area contributed by atoms with Crippen LogP contribution in [0.5, 0.6) is 5.75 Å². The summed E-state index contributed by atoms with van der Waals surface area (Å²) in [5.74, 6) is 2.11. The molecule has 1 saturated carbocycles. The van der Waals surface area contributed by atoms with Crippen molar-refractivity contribution in [2.24, 2.45) is 5.92 Å². The van der Waals surface area contributed by atoms with Crippen LogP contribution in [0.2, 0.25) is 0 Å². The summed E-state index contributed by atoms with van der Waals surface area (Å²) in [7, 11) is 0. The van der Waals surface area contributed by atoms with Gasteiger partial charge in [0, 0.05) is 23.5 Å². The Labute approximate surface area is 102 Å². The maximum atomic E-state index is 5.87. The summed E-state index contributed by atoms with van der Waals surface area (Å²) in [6.07, 6.45) is 7.13. The van der Waals surface area contributed by atoms with Crippen molar-refractivity contribution < 1.29 is 4.74 Å². The molecule has 0 aromatic carbocycles. The Morgan fingerprint density at radius 3 is 2.88 bits per heavy atom. The number of rotatable bonds is 4. The van der Waals surface area contributed by atoms with Crippen molar-refractivity contribution in [2.75, 3.05) is 6.61 Å². The largest absolute Gasteiger partial charge is 0.493 e. The summed E-state index contributed by atoms with van der Waals surface area (Å²) in [5.41, 5.74) is 1.97. The summed E-state index contributed by atoms with van der Waals surface area (Å²) in [6.45, 7) is 2.80. The van der Waals surface area contributed by atoms with Crippen molar-refractivity contribution in [3.8, 4) is 5.75 Å². The van der Waals surface area contributed by atoms with Crippen LogP contribution in [-0.4, -0.2) is 11.6 Å². The molecule has 1 heterocycles. The number of nitrogens with zero attached hydrogens (tertiary/aromatic N) is 1. The fourth-order valence-corrected chi connectivity index (χ4v) is 2.38. The van der Waals surface area contributed by atoms with Crippen LogP contribution >= 0.6 is 11.6 Å². The topological polar surface area (TPSA) is 22.1 Å². The fraction of sp³-hybridized carbons (Fsp3) is 0.615. The Morgan fingerprint density at radius 1 is 1.44 bits per heavy atom. The minimum absolute atomic E-state index is 0.466. The highest BCUT2D eigenvalue weighted by atomic mass is 35.5. The third kappa shape index (κ3) is 2.88. The van der Waals surface area contributed by atoms with Crippen LogP contribution in [0.15, 0.2) is 12.3 Å². The van der Waals surface area contributed by atoms with E-state index in [9.17, 15) is 0 Å². The monoisotopic (exact) mass is 239 g/mol. The second-order valence-corrected chi connectivity index (χ2v) is 4.80. The average molecular weight is 240 g/mol. The fourth-order valence-electron chi connectivity index (χ4n) is 2.18. The van der Waals surface area contributed by atoms with Gasteiger partial charge in [0.05, 0.1) is 12.5 Å². The van der Waals surface area contributed by atoms with E-state index >= 15 is 0 Å². The summed E-state index contributed by atoms with van der Waals surface area (Å²) >= 11 is 5.86. The zero-order valence-electron chi connectivity index (χ0n) is 9.71. The molecule has 16 heavy (non-hydrogen) atoms. The van der Waals surface area contributed by atoms with E-state index in [1.54, 1.807) is 0 Å². The maximum absolute atomic E-state index is 5.87. The average Bonchev–Trinajstić information content (AvgIpc) is 2.79. The Balaban J connectivity index is 1.98. The van der Waals surface area contributed by atoms with Crippen molar-refractivity contribution in [2.45, 2.75) is 38.5 Å². The van der Waals surface area contributed by atoms with Crippen molar-refractivity contribution >= 4 is 11.6 Å². The lowest BCUT2D eigenvalue weighted by molar-refractivity contribution is 0.250. The molecule has 0 bridgehead atoms. The van der Waals surface area contributed by atoms with Gasteiger partial charge in [0.1, 0.15) is 5.75 Å². The van der Waals surface area contributed by atoms with Gasteiger partial charge in [-0.3, -0.25) is 4.98 Å². The van der Waals surface area contributed by atoms with Gasteiger partial charge in [-0.25, -0.2) is 0 Å². The smallest absolute Gasteiger partial charge is 0.127 e. The Morgan fingerprint density at radius 2 is 2.19 bits per heavy atom. The summed E-state index contributed by atoms with van der Waals surface area (Å²) in [6, 6.07) is 1.98. The van der Waals surface area contributed by atoms with E-state index in [1.165, 1.54) is 25.7 Å². The highest BCUT2D eigenvalue weighted by Crippen LogP contribution is 2.27. The normalized spacial score (nSPS) is 16.6. The van der Waals surface area contributed by atoms with E-state index in [0.717, 1.165) is 29.5 Å². The number of pyridine rings is 1. The van der Waals surface area contributed by atoms with Crippen LogP contribution in [0.25, 0.3) is 0 Å². The van der Waals surface area contributed by atoms with E-state index in [0.29, 0.717) is 5.88 Å². The molecule has 0 aliphatic heterocycles. The van der Waals surface area contributed by atoms with Gasteiger partial charge in [-0.05, 0) is 25.7 Å². The SMILES string of the molecule is Cc1cc(OCC2CCCC2)c(CCl)cn1. The molecule has 1 aliphatic carbocycles. The van der Waals surface area contributed by atoms with Crippen LogP contribution in [0.4, 0.5) is 0 Å². The predicted molar refractivity (Wildman–Crippen MR) is 66.0 cm³/mol. The highest BCUT2D eigenvalue weighted by molar-refractivity contribution is 6.17. The molecule has 2 rings (SSSR count). The first kappa shape index (κ1) is 11.7. The van der Waals surface area contributed by atoms with E-state index in [1.807, 2.05) is 19.2 Å². The molecule has 1 aliphatic rings. The first-order valence-corrected chi connectivity index (χ1v) is 6.47. The summed E-state index contributed by atoms with van der Waals surface area (Å²) in [4.78, 5) is 4.23. The minimum Gasteiger partial charge on any atom is -0.493 e. The minimum atomic E-state index is 0.466. The first-order chi connectivity index (χ1) is 7.79. The zero-order chi connectivity index (χ0) is 11.4. The molecule has 1 aromatic rings. The van der Waals surface area contributed by atoms with Gasteiger partial charge in [-0.1, -0.05) is 12.8 Å². The molecule has 0 spiro atoms. The number of aromatic nitrogens is 1. The van der Waals surface area contributed by atoms with E-state index in [-0.39, 0.29) is 0 Å². The van der Waals surface area contributed by atoms with Crippen LogP contribution in [0.1, 0.15) is 36.9 Å². The third-order valence-corrected chi connectivity index (χ3v) is 3.46. The number of halogens is 1. The maximum Gasteiger partial charge on any atom is 0.127 e. The highest BCUT2D eigenvalue weighted by Gasteiger charge is 2.16. The molecule has 0 saturated heterocycles. The number of hydrogen-bond donors (Lipinski definition) is 0. The number of hydrogen-bond acceptors (Lipinski definition) is 2. The lowest BCUT2D eigenvalue weighted by Gasteiger charge is -2.13. The molecule has 3 heteroatoms. The van der Waals surface area contributed by atoms with Crippen LogP contribution in [0, 0.1) is 12.8 Å². The Hall–Kier alpha value is -0.760. The van der Waals surface area contributed by atoms with E-state index < -0.39 is 0 Å². The Bertz CT molecular complexity index is 348. The van der Waals surface area contributed by atoms with Crippen LogP contribution in [-0.2, 0) is 5.88 Å². The van der Waals surface area contributed by atoms with Crippen molar-refractivity contribution in [3.05, 3.63) is 23.5 Å². The third-order valence-electron chi connectivity index (χ3n) is 3.17. The van der Waals surface area contributed by atoms with Gasteiger partial charge in [-0.2, -0.15) is 0 Å². The van der Waals surface area contributed by atoms with Gasteiger partial charge < -0.3 is 4.74 Å². The molecule has 88 valence electrons. The molecule has 1 aromatic heterocycles. The molecule has 2 nitrogen and oxygen atoms in total. The molecule has 1 fully saturated rings. The molecule has 0 N–H and O–H groups in total. The van der Waals surface area contributed by atoms with Crippen molar-refractivity contribution in [3.63, 3.8) is 0 Å². The lowest BCUT2D eigenvalue weighted by atomic mass is 10.1. The van der Waals surface area contributed by atoms with Gasteiger partial charge in [-0.15, -0.1) is 11.6 Å². The molecular weight excluding hydrogens is 222 g/mol. The number of alkyl halides is 1. The van der Waals surface area contributed by atoms with Gasteiger partial charge >= 0.3 is 0 Å². The second kappa shape index (κ2) is 5.53. The van der Waals surface area contributed by atoms with Gasteiger partial charge in [0.25, 0.3) is 0 Å². The van der Waals surface area contributed by atoms with Gasteiger partial charge in [0.15, 0.2) is 0 Å². The summed E-state index contributed by atoms with van der Waals surface area (Å²) in [5, 5.41) is 0. The van der Waals surface area contributed by atoms with Crippen molar-refractivity contribution in [1.29, 1.82) is 0 Å². The molecule has 0 amide bonds. The van der Waals surface area contributed by atoms with Crippen LogP contribution < -0.4 is 4.74 Å². The van der Waals surface area contributed by atoms with E-state index in [4.69, 9.17) is 16.3 Å². The van der Waals surface area contributed by atoms with Crippen molar-refractivity contribution in [1.82, 2.24) is 4.98 Å². The predicted octanol–water partition coefficient (Wildman–Crippen LogP) is 3.70. The number of ether oxygens (including phenoxy) is 1. The molecule has 0 atom stereocenters. The summed E-state index contributed by atoms with van der Waals surface area (Å²) < 4.78 is 5.87. The van der Waals surface area contributed by atoms with Crippen LogP contribution in [0.3, 0.4) is 0 Å². The molecular formula is C13H18ClNO. The van der Waals surface area contributed by atoms with Gasteiger partial charge in [0.2, 0.25) is 0 Å². The second-order valence-electron chi connectivity index (χ2n) is 4.53. The lowest BCUT2D eigenvalue weighted by Crippen LogP contribution is -2.09. The Kier molecular flexibility index (Phi) is 4.05. The molecule has 0 unspecified atom stereocenters. The zero-order valence-corrected chi connectivity index (χ0v) is 10.5.